The Labute approximate surface area is 151 Å². The molecule has 0 radical (unpaired) electrons. The molecule has 1 aromatic carbocycles. The van der Waals surface area contributed by atoms with Crippen LogP contribution < -0.4 is 5.73 Å². The van der Waals surface area contributed by atoms with E-state index in [9.17, 15) is 4.79 Å². The van der Waals surface area contributed by atoms with E-state index in [0.29, 0.717) is 13.0 Å². The van der Waals surface area contributed by atoms with Crippen LogP contribution in [0, 0.1) is 0 Å². The summed E-state index contributed by atoms with van der Waals surface area (Å²) in [5, 5.41) is 0. The van der Waals surface area contributed by atoms with E-state index in [2.05, 4.69) is 12.1 Å². The van der Waals surface area contributed by atoms with Crippen LogP contribution in [0.15, 0.2) is 30.3 Å². The molecule has 6 heteroatoms. The summed E-state index contributed by atoms with van der Waals surface area (Å²) >= 11 is 0. The highest BCUT2D eigenvalue weighted by Crippen LogP contribution is 2.24. The third-order valence-corrected chi connectivity index (χ3v) is 4.03. The van der Waals surface area contributed by atoms with Crippen LogP contribution in [-0.2, 0) is 25.3 Å². The first-order chi connectivity index (χ1) is 11.9. The summed E-state index contributed by atoms with van der Waals surface area (Å²) in [6.07, 6.45) is 3.20. The first-order valence-electron chi connectivity index (χ1n) is 9.12. The molecule has 0 amide bonds. The molecule has 5 nitrogen and oxygen atoms in total. The molecule has 1 aliphatic heterocycles. The Morgan fingerprint density at radius 2 is 1.92 bits per heavy atom. The van der Waals surface area contributed by atoms with Gasteiger partial charge >= 0.3 is 13.1 Å². The molecule has 1 saturated heterocycles. The van der Waals surface area contributed by atoms with Crippen LogP contribution in [0.1, 0.15) is 45.6 Å². The quantitative estimate of drug-likeness (QED) is 0.607. The van der Waals surface area contributed by atoms with Gasteiger partial charge < -0.3 is 19.8 Å². The van der Waals surface area contributed by atoms with Gasteiger partial charge in [-0.25, -0.2) is 0 Å². The number of esters is 1. The molecule has 1 heterocycles. The maximum Gasteiger partial charge on any atom is 0.457 e. The van der Waals surface area contributed by atoms with Crippen LogP contribution in [0.4, 0.5) is 0 Å². The van der Waals surface area contributed by atoms with E-state index in [1.54, 1.807) is 0 Å². The van der Waals surface area contributed by atoms with Gasteiger partial charge in [-0.3, -0.25) is 4.79 Å². The Morgan fingerprint density at radius 3 is 2.56 bits per heavy atom. The maximum absolute atomic E-state index is 12.1. The first-order valence-corrected chi connectivity index (χ1v) is 9.12. The van der Waals surface area contributed by atoms with Gasteiger partial charge in [0, 0.05) is 6.10 Å². The zero-order chi connectivity index (χ0) is 18.3. The Kier molecular flexibility index (Phi) is 7.47. The number of carbonyl (C=O) groups excluding carboxylic acids is 1. The number of benzene rings is 1. The van der Waals surface area contributed by atoms with E-state index >= 15 is 0 Å². The summed E-state index contributed by atoms with van der Waals surface area (Å²) in [4.78, 5) is 12.1. The molecule has 0 spiro atoms. The third-order valence-electron chi connectivity index (χ3n) is 4.03. The molecule has 0 aliphatic carbocycles. The Hall–Kier alpha value is -1.37. The lowest BCUT2D eigenvalue weighted by atomic mass is 9.78. The molecule has 2 N–H and O–H groups in total. The van der Waals surface area contributed by atoms with Gasteiger partial charge in [0.25, 0.3) is 0 Å². The fourth-order valence-corrected chi connectivity index (χ4v) is 3.00. The van der Waals surface area contributed by atoms with Gasteiger partial charge in [-0.1, -0.05) is 30.3 Å². The zero-order valence-electron chi connectivity index (χ0n) is 15.6. The molecule has 0 saturated carbocycles. The van der Waals surface area contributed by atoms with Gasteiger partial charge in [0.2, 0.25) is 0 Å². The first kappa shape index (κ1) is 20.0. The zero-order valence-corrected chi connectivity index (χ0v) is 15.6. The lowest BCUT2D eigenvalue weighted by Gasteiger charge is -2.34. The summed E-state index contributed by atoms with van der Waals surface area (Å²) in [5.74, 6) is -0.229. The van der Waals surface area contributed by atoms with E-state index in [4.69, 9.17) is 19.8 Å². The van der Waals surface area contributed by atoms with E-state index in [1.165, 1.54) is 5.56 Å². The van der Waals surface area contributed by atoms with Crippen molar-refractivity contribution in [3.63, 3.8) is 0 Å². The molecule has 1 aromatic rings. The minimum absolute atomic E-state index is 0.0342. The van der Waals surface area contributed by atoms with Crippen LogP contribution in [0.25, 0.3) is 0 Å². The molecule has 0 aromatic heterocycles. The Morgan fingerprint density at radius 1 is 1.24 bits per heavy atom. The van der Waals surface area contributed by atoms with Gasteiger partial charge in [0.1, 0.15) is 5.60 Å². The van der Waals surface area contributed by atoms with Crippen molar-refractivity contribution in [3.8, 4) is 0 Å². The molecule has 1 aliphatic rings. The predicted octanol–water partition coefficient (Wildman–Crippen LogP) is 2.97. The molecule has 1 fully saturated rings. The van der Waals surface area contributed by atoms with Crippen molar-refractivity contribution in [2.24, 2.45) is 5.73 Å². The van der Waals surface area contributed by atoms with Crippen molar-refractivity contribution in [1.29, 1.82) is 0 Å². The normalized spacial score (nSPS) is 21.2. The summed E-state index contributed by atoms with van der Waals surface area (Å²) in [6, 6.07) is 10.3. The van der Waals surface area contributed by atoms with Crippen molar-refractivity contribution >= 4 is 13.1 Å². The highest BCUT2D eigenvalue weighted by Gasteiger charge is 2.35. The fraction of sp³-hybridized carbons (Fsp3) is 0.632. The summed E-state index contributed by atoms with van der Waals surface area (Å²) < 4.78 is 17.4. The molecule has 25 heavy (non-hydrogen) atoms. The standard InChI is InChI=1S/C19H30BNO4/c1-19(2,3)23-18(22)14-17-13-16(10-12-21)24-20(25-17)11-9-15-7-5-4-6-8-15/h4-8,16-17H,9-14,21H2,1-3H3. The smallest absolute Gasteiger partial charge is 0.457 e. The highest BCUT2D eigenvalue weighted by atomic mass is 16.6. The van der Waals surface area contributed by atoms with E-state index < -0.39 is 5.60 Å². The maximum atomic E-state index is 12.1. The second-order valence-corrected chi connectivity index (χ2v) is 7.57. The monoisotopic (exact) mass is 347 g/mol. The number of aryl methyl sites for hydroxylation is 1. The molecular formula is C19H30BNO4. The number of hydrogen-bond donors (Lipinski definition) is 1. The minimum atomic E-state index is -0.481. The van der Waals surface area contributed by atoms with E-state index in [1.807, 2.05) is 39.0 Å². The molecule has 2 atom stereocenters. The van der Waals surface area contributed by atoms with Crippen LogP contribution in [0.5, 0.6) is 0 Å². The minimum Gasteiger partial charge on any atom is -0.460 e. The number of ether oxygens (including phenoxy) is 1. The Balaban J connectivity index is 1.90. The lowest BCUT2D eigenvalue weighted by Crippen LogP contribution is -2.43. The number of hydrogen-bond acceptors (Lipinski definition) is 5. The molecular weight excluding hydrogens is 317 g/mol. The Bertz CT molecular complexity index is 532. The third kappa shape index (κ3) is 7.59. The molecule has 2 unspecified atom stereocenters. The van der Waals surface area contributed by atoms with Crippen LogP contribution in [0.3, 0.4) is 0 Å². The van der Waals surface area contributed by atoms with Gasteiger partial charge in [0.05, 0.1) is 12.5 Å². The highest BCUT2D eigenvalue weighted by molar-refractivity contribution is 6.44. The molecule has 138 valence electrons. The van der Waals surface area contributed by atoms with E-state index in [0.717, 1.165) is 19.2 Å². The number of nitrogens with two attached hydrogens (primary N) is 1. The predicted molar refractivity (Wildman–Crippen MR) is 99.2 cm³/mol. The van der Waals surface area contributed by atoms with E-state index in [-0.39, 0.29) is 31.7 Å². The second kappa shape index (κ2) is 9.37. The lowest BCUT2D eigenvalue weighted by molar-refractivity contribution is -0.157. The topological polar surface area (TPSA) is 70.8 Å². The number of rotatable bonds is 7. The largest absolute Gasteiger partial charge is 0.460 e. The summed E-state index contributed by atoms with van der Waals surface area (Å²) in [6.45, 7) is 6.18. The molecule has 2 rings (SSSR count). The van der Waals surface area contributed by atoms with Crippen molar-refractivity contribution in [2.75, 3.05) is 6.54 Å². The van der Waals surface area contributed by atoms with Gasteiger partial charge in [-0.15, -0.1) is 0 Å². The van der Waals surface area contributed by atoms with Crippen LogP contribution in [0.2, 0.25) is 6.32 Å². The van der Waals surface area contributed by atoms with Crippen LogP contribution in [-0.4, -0.2) is 37.4 Å². The average molecular weight is 347 g/mol. The van der Waals surface area contributed by atoms with Crippen molar-refractivity contribution in [1.82, 2.24) is 0 Å². The summed E-state index contributed by atoms with van der Waals surface area (Å²) in [5.41, 5.74) is 6.46. The van der Waals surface area contributed by atoms with Crippen molar-refractivity contribution in [2.45, 2.75) is 70.6 Å². The number of carbonyl (C=O) groups is 1. The second-order valence-electron chi connectivity index (χ2n) is 7.57. The van der Waals surface area contributed by atoms with Crippen molar-refractivity contribution in [3.05, 3.63) is 35.9 Å². The van der Waals surface area contributed by atoms with Gasteiger partial charge in [0.15, 0.2) is 0 Å². The SMILES string of the molecule is CC(C)(C)OC(=O)CC1CC(CCN)OB(CCc2ccccc2)O1. The van der Waals surface area contributed by atoms with Gasteiger partial charge in [-0.2, -0.15) is 0 Å². The molecule has 0 bridgehead atoms. The van der Waals surface area contributed by atoms with Crippen molar-refractivity contribution < 1.29 is 18.8 Å². The van der Waals surface area contributed by atoms with Gasteiger partial charge in [-0.05, 0) is 58.5 Å². The van der Waals surface area contributed by atoms with Crippen LogP contribution >= 0.6 is 0 Å². The summed E-state index contributed by atoms with van der Waals surface area (Å²) in [7, 11) is -0.307. The average Bonchev–Trinajstić information content (AvgIpc) is 2.52. The fourth-order valence-electron chi connectivity index (χ4n) is 3.00.